The van der Waals surface area contributed by atoms with Crippen LogP contribution >= 0.6 is 0 Å². The Morgan fingerprint density at radius 3 is 1.27 bits per heavy atom. The van der Waals surface area contributed by atoms with Gasteiger partial charge in [0, 0.05) is 19.3 Å². The SMILES string of the molecule is CC/C=C\C/C=C\C/C=C\CCCCCCCC(=O)OC(COC(=O)CCCCCCCCCCC/C=C\CCCCCCCC)COC1OC(C(=O)O)C(O)C(O)C1OC(=O)CCCCC/C=C\C/C=C\C/C=C\CC. The van der Waals surface area contributed by atoms with Crippen molar-refractivity contribution in [3.63, 3.8) is 0 Å². The molecule has 1 rings (SSSR count). The molecular formula is C65H108O12. The van der Waals surface area contributed by atoms with Crippen molar-refractivity contribution >= 4 is 23.9 Å². The minimum atomic E-state index is -1.92. The predicted molar refractivity (Wildman–Crippen MR) is 312 cm³/mol. The molecule has 0 aromatic carbocycles. The number of esters is 3. The van der Waals surface area contributed by atoms with E-state index < -0.39 is 67.3 Å². The number of carbonyl (C=O) groups is 4. The van der Waals surface area contributed by atoms with Gasteiger partial charge in [-0.15, -0.1) is 0 Å². The third-order valence-corrected chi connectivity index (χ3v) is 13.4. The van der Waals surface area contributed by atoms with Crippen molar-refractivity contribution in [1.29, 1.82) is 0 Å². The molecule has 3 N–H and O–H groups in total. The number of carbonyl (C=O) groups excluding carboxylic acids is 3. The summed E-state index contributed by atoms with van der Waals surface area (Å²) >= 11 is 0. The molecule has 0 bridgehead atoms. The van der Waals surface area contributed by atoms with Gasteiger partial charge in [0.2, 0.25) is 0 Å². The van der Waals surface area contributed by atoms with E-state index in [0.29, 0.717) is 19.3 Å². The number of ether oxygens (including phenoxy) is 5. The lowest BCUT2D eigenvalue weighted by atomic mass is 9.98. The van der Waals surface area contributed by atoms with Crippen LogP contribution in [0.15, 0.2) is 85.1 Å². The van der Waals surface area contributed by atoms with Crippen LogP contribution in [-0.4, -0.2) is 89.2 Å². The van der Waals surface area contributed by atoms with Crippen LogP contribution in [0.5, 0.6) is 0 Å². The molecule has 6 unspecified atom stereocenters. The number of unbranched alkanes of at least 4 members (excludes halogenated alkanes) is 23. The van der Waals surface area contributed by atoms with Crippen LogP contribution in [0.3, 0.4) is 0 Å². The Hall–Kier alpha value is -4.10. The van der Waals surface area contributed by atoms with E-state index in [1.54, 1.807) is 0 Å². The molecule has 1 heterocycles. The zero-order chi connectivity index (χ0) is 56.1. The minimum absolute atomic E-state index is 0.0203. The second-order valence-corrected chi connectivity index (χ2v) is 20.6. The third-order valence-electron chi connectivity index (χ3n) is 13.4. The van der Waals surface area contributed by atoms with Crippen molar-refractivity contribution in [3.05, 3.63) is 85.1 Å². The van der Waals surface area contributed by atoms with Crippen LogP contribution in [0.2, 0.25) is 0 Å². The number of allylic oxidation sites excluding steroid dienone is 14. The van der Waals surface area contributed by atoms with Crippen LogP contribution in [0.4, 0.5) is 0 Å². The zero-order valence-electron chi connectivity index (χ0n) is 48.4. The summed E-state index contributed by atoms with van der Waals surface area (Å²) in [4.78, 5) is 51.2. The van der Waals surface area contributed by atoms with Gasteiger partial charge in [0.05, 0.1) is 6.61 Å². The molecule has 0 spiro atoms. The lowest BCUT2D eigenvalue weighted by molar-refractivity contribution is -0.301. The second kappa shape index (κ2) is 52.6. The number of hydrogen-bond acceptors (Lipinski definition) is 11. The first-order valence-electron chi connectivity index (χ1n) is 30.6. The largest absolute Gasteiger partial charge is 0.479 e. The van der Waals surface area contributed by atoms with Crippen molar-refractivity contribution in [3.8, 4) is 0 Å². The Morgan fingerprint density at radius 1 is 0.442 bits per heavy atom. The molecular weight excluding hydrogens is 973 g/mol. The maximum atomic E-state index is 13.2. The minimum Gasteiger partial charge on any atom is -0.479 e. The van der Waals surface area contributed by atoms with E-state index in [-0.39, 0.29) is 25.9 Å². The van der Waals surface area contributed by atoms with Crippen LogP contribution in [0, 0.1) is 0 Å². The fourth-order valence-electron chi connectivity index (χ4n) is 8.80. The van der Waals surface area contributed by atoms with Gasteiger partial charge in [-0.25, -0.2) is 4.79 Å². The van der Waals surface area contributed by atoms with Gasteiger partial charge >= 0.3 is 23.9 Å². The van der Waals surface area contributed by atoms with E-state index in [9.17, 15) is 34.5 Å². The van der Waals surface area contributed by atoms with Gasteiger partial charge in [0.15, 0.2) is 24.6 Å². The molecule has 1 saturated heterocycles. The Morgan fingerprint density at radius 2 is 0.818 bits per heavy atom. The van der Waals surface area contributed by atoms with Crippen LogP contribution in [-0.2, 0) is 42.9 Å². The van der Waals surface area contributed by atoms with E-state index >= 15 is 0 Å². The van der Waals surface area contributed by atoms with Crippen molar-refractivity contribution in [2.24, 2.45) is 0 Å². The fraction of sp³-hybridized carbons (Fsp3) is 0.723. The van der Waals surface area contributed by atoms with E-state index in [4.69, 9.17) is 23.7 Å². The maximum Gasteiger partial charge on any atom is 0.335 e. The van der Waals surface area contributed by atoms with E-state index in [0.717, 1.165) is 109 Å². The predicted octanol–water partition coefficient (Wildman–Crippen LogP) is 15.9. The number of carboxylic acids is 1. The summed E-state index contributed by atoms with van der Waals surface area (Å²) in [5.41, 5.74) is 0. The molecule has 0 radical (unpaired) electrons. The molecule has 0 saturated carbocycles. The van der Waals surface area contributed by atoms with Gasteiger partial charge in [-0.2, -0.15) is 0 Å². The summed E-state index contributed by atoms with van der Waals surface area (Å²) < 4.78 is 28.4. The topological polar surface area (TPSA) is 175 Å². The molecule has 6 atom stereocenters. The van der Waals surface area contributed by atoms with Crippen LogP contribution in [0.1, 0.15) is 252 Å². The molecule has 0 aliphatic carbocycles. The van der Waals surface area contributed by atoms with Crippen LogP contribution < -0.4 is 0 Å². The molecule has 440 valence electrons. The highest BCUT2D eigenvalue weighted by molar-refractivity contribution is 5.74. The standard InChI is InChI=1S/C65H108O12/c1-4-7-10-13-16-19-22-25-27-28-29-30-32-34-36-39-42-45-48-51-57(66)73-54-56(75-58(67)52-49-46-43-40-38-35-31-26-23-20-17-14-11-8-5-2)55-74-65-63(61(70)60(69)62(77-65)64(71)72)76-59(68)53-50-47-44-41-37-33-24-21-18-15-12-9-6-3/h8-9,11-12,17-18,20-21,25-27,31,33,37,56,60-63,65,69-70H,4-7,10,13-16,19,22-24,28-30,32,34-36,38-55H2,1-3H3,(H,71,72)/b11-8-,12-9-,20-17-,21-18-,27-25-,31-26-,37-33-. The average Bonchev–Trinajstić information content (AvgIpc) is 3.41. The first-order valence-corrected chi connectivity index (χ1v) is 30.6. The van der Waals surface area contributed by atoms with Gasteiger partial charge in [-0.3, -0.25) is 14.4 Å². The van der Waals surface area contributed by atoms with Crippen molar-refractivity contribution in [1.82, 2.24) is 0 Å². The summed E-state index contributed by atoms with van der Waals surface area (Å²) in [6.45, 7) is 5.74. The number of aliphatic carboxylic acids is 1. The first kappa shape index (κ1) is 70.9. The summed E-state index contributed by atoms with van der Waals surface area (Å²) in [7, 11) is 0. The van der Waals surface area contributed by atoms with Gasteiger partial charge < -0.3 is 39.0 Å². The van der Waals surface area contributed by atoms with Crippen molar-refractivity contribution < 1.29 is 58.2 Å². The van der Waals surface area contributed by atoms with Gasteiger partial charge in [0.1, 0.15) is 18.8 Å². The van der Waals surface area contributed by atoms with Crippen molar-refractivity contribution in [2.45, 2.75) is 289 Å². The molecule has 77 heavy (non-hydrogen) atoms. The second-order valence-electron chi connectivity index (χ2n) is 20.6. The number of hydrogen-bond donors (Lipinski definition) is 3. The third kappa shape index (κ3) is 42.5. The highest BCUT2D eigenvalue weighted by atomic mass is 16.7. The highest BCUT2D eigenvalue weighted by Crippen LogP contribution is 2.26. The molecule has 1 fully saturated rings. The lowest BCUT2D eigenvalue weighted by Crippen LogP contribution is -2.61. The number of rotatable bonds is 51. The lowest BCUT2D eigenvalue weighted by Gasteiger charge is -2.40. The normalized spacial score (nSPS) is 18.6. The number of aliphatic hydroxyl groups excluding tert-OH is 2. The van der Waals surface area contributed by atoms with E-state index in [1.807, 2.05) is 0 Å². The smallest absolute Gasteiger partial charge is 0.335 e. The number of aliphatic hydroxyl groups is 2. The first-order chi connectivity index (χ1) is 37.6. The average molecular weight is 1080 g/mol. The van der Waals surface area contributed by atoms with E-state index in [2.05, 4.69) is 106 Å². The van der Waals surface area contributed by atoms with E-state index in [1.165, 1.54) is 83.5 Å². The molecule has 0 aromatic rings. The Kier molecular flexibility index (Phi) is 48.4. The Labute approximate surface area is 467 Å². The summed E-state index contributed by atoms with van der Waals surface area (Å²) in [5.74, 6) is -3.18. The monoisotopic (exact) mass is 1080 g/mol. The summed E-state index contributed by atoms with van der Waals surface area (Å²) in [6, 6.07) is 0. The molecule has 0 aromatic heterocycles. The molecule has 1 aliphatic heterocycles. The van der Waals surface area contributed by atoms with Gasteiger partial charge in [-0.05, 0) is 109 Å². The molecule has 0 amide bonds. The molecule has 12 nitrogen and oxygen atoms in total. The summed E-state index contributed by atoms with van der Waals surface area (Å²) in [5, 5.41) is 31.5. The fourth-order valence-corrected chi connectivity index (χ4v) is 8.80. The Bertz CT molecular complexity index is 1660. The molecule has 1 aliphatic rings. The Balaban J connectivity index is 2.69. The van der Waals surface area contributed by atoms with Gasteiger partial charge in [-0.1, -0.05) is 209 Å². The summed E-state index contributed by atoms with van der Waals surface area (Å²) in [6.07, 6.45) is 55.6. The maximum absolute atomic E-state index is 13.2. The quantitative estimate of drug-likeness (QED) is 0.0228. The van der Waals surface area contributed by atoms with Gasteiger partial charge in [0.25, 0.3) is 0 Å². The molecule has 12 heteroatoms. The number of carboxylic acid groups (broad SMARTS) is 1. The highest BCUT2D eigenvalue weighted by Gasteiger charge is 2.50. The van der Waals surface area contributed by atoms with Crippen molar-refractivity contribution in [2.75, 3.05) is 13.2 Å². The van der Waals surface area contributed by atoms with Crippen LogP contribution in [0.25, 0.3) is 0 Å². The zero-order valence-corrected chi connectivity index (χ0v) is 48.4.